The van der Waals surface area contributed by atoms with Gasteiger partial charge in [0.25, 0.3) is 0 Å². The molecule has 0 amide bonds. The maximum atomic E-state index is 11.9. The summed E-state index contributed by atoms with van der Waals surface area (Å²) in [4.78, 5) is 21.2. The van der Waals surface area contributed by atoms with Crippen molar-refractivity contribution < 1.29 is 9.63 Å². The Morgan fingerprint density at radius 2 is 1.96 bits per heavy atom. The Hall–Kier alpha value is -2.44. The van der Waals surface area contributed by atoms with Crippen LogP contribution in [-0.2, 0) is 11.3 Å². The lowest BCUT2D eigenvalue weighted by atomic mass is 10.2. The largest absolute Gasteiger partial charge is 0.384 e. The Labute approximate surface area is 141 Å². The minimum Gasteiger partial charge on any atom is -0.384 e. The van der Waals surface area contributed by atoms with Crippen molar-refractivity contribution in [3.63, 3.8) is 0 Å². The van der Waals surface area contributed by atoms with Crippen LogP contribution in [-0.4, -0.2) is 16.8 Å². The number of benzene rings is 2. The zero-order valence-electron chi connectivity index (χ0n) is 11.9. The van der Waals surface area contributed by atoms with Crippen molar-refractivity contribution in [1.82, 2.24) is 4.98 Å². The molecule has 1 aromatic heterocycles. The van der Waals surface area contributed by atoms with Crippen molar-refractivity contribution in [2.45, 2.75) is 6.42 Å². The van der Waals surface area contributed by atoms with Crippen LogP contribution in [0, 0.1) is 0 Å². The number of nitrogens with zero attached hydrogens (tertiary/aromatic N) is 2. The average molecular weight is 346 g/mol. The summed E-state index contributed by atoms with van der Waals surface area (Å²) in [7, 11) is 0. The summed E-state index contributed by atoms with van der Waals surface area (Å²) in [5, 5.41) is 4.77. The first-order chi connectivity index (χ1) is 11.1. The Morgan fingerprint density at radius 3 is 2.74 bits per heavy atom. The molecule has 2 N–H and O–H groups in total. The van der Waals surface area contributed by atoms with Crippen LogP contribution in [0.2, 0.25) is 5.02 Å². The molecule has 1 heterocycles. The number of nitrogens with two attached hydrogens (primary N) is 1. The minimum absolute atomic E-state index is 0.171. The third kappa shape index (κ3) is 3.67. The first-order valence-corrected chi connectivity index (χ1v) is 7.95. The van der Waals surface area contributed by atoms with Gasteiger partial charge in [-0.25, -0.2) is 9.78 Å². The molecule has 3 aromatic rings. The van der Waals surface area contributed by atoms with E-state index in [1.165, 1.54) is 11.3 Å². The monoisotopic (exact) mass is 345 g/mol. The lowest BCUT2D eigenvalue weighted by Gasteiger charge is -2.01. The standard InChI is InChI=1S/C16H12ClN3O2S/c17-11-6-2-1-5-10(11)16(21)22-20-14(18)9-15-19-12-7-3-4-8-13(12)23-15/h1-8H,9H2,(H2,18,20). The van der Waals surface area contributed by atoms with E-state index in [0.29, 0.717) is 11.4 Å². The predicted molar refractivity (Wildman–Crippen MR) is 91.8 cm³/mol. The Kier molecular flexibility index (Phi) is 4.55. The fraction of sp³-hybridized carbons (Fsp3) is 0.0625. The van der Waals surface area contributed by atoms with Gasteiger partial charge in [0.05, 0.1) is 27.2 Å². The number of oxime groups is 1. The summed E-state index contributed by atoms with van der Waals surface area (Å²) in [5.74, 6) is -0.479. The van der Waals surface area contributed by atoms with Crippen molar-refractivity contribution in [2.75, 3.05) is 0 Å². The van der Waals surface area contributed by atoms with Gasteiger partial charge in [-0.3, -0.25) is 0 Å². The molecule has 0 aliphatic heterocycles. The van der Waals surface area contributed by atoms with Gasteiger partial charge in [-0.05, 0) is 24.3 Å². The molecule has 0 atom stereocenters. The van der Waals surface area contributed by atoms with E-state index >= 15 is 0 Å². The quantitative estimate of drug-likeness (QED) is 0.339. The summed E-state index contributed by atoms with van der Waals surface area (Å²) < 4.78 is 1.07. The fourth-order valence-electron chi connectivity index (χ4n) is 1.96. The molecule has 5 nitrogen and oxygen atoms in total. The molecule has 0 fully saturated rings. The highest BCUT2D eigenvalue weighted by Crippen LogP contribution is 2.21. The summed E-state index contributed by atoms with van der Waals surface area (Å²) in [5.41, 5.74) is 6.95. The molecule has 116 valence electrons. The SMILES string of the molecule is N/C(Cc1nc2ccccc2s1)=N\OC(=O)c1ccccc1Cl. The van der Waals surface area contributed by atoms with Crippen LogP contribution in [0.4, 0.5) is 0 Å². The van der Waals surface area contributed by atoms with Gasteiger partial charge in [-0.1, -0.05) is 41.0 Å². The first-order valence-electron chi connectivity index (χ1n) is 6.76. The van der Waals surface area contributed by atoms with Gasteiger partial charge in [0.2, 0.25) is 0 Å². The molecule has 0 aliphatic rings. The number of thiazole rings is 1. The van der Waals surface area contributed by atoms with Gasteiger partial charge in [-0.15, -0.1) is 11.3 Å². The lowest BCUT2D eigenvalue weighted by molar-refractivity contribution is 0.0515. The number of fused-ring (bicyclic) bond motifs is 1. The summed E-state index contributed by atoms with van der Waals surface area (Å²) in [6, 6.07) is 14.4. The van der Waals surface area contributed by atoms with E-state index in [2.05, 4.69) is 10.1 Å². The molecular weight excluding hydrogens is 334 g/mol. The molecule has 0 bridgehead atoms. The molecule has 3 rings (SSSR count). The molecule has 0 spiro atoms. The molecule has 2 aromatic carbocycles. The lowest BCUT2D eigenvalue weighted by Crippen LogP contribution is -2.16. The van der Waals surface area contributed by atoms with Crippen LogP contribution in [0.5, 0.6) is 0 Å². The highest BCUT2D eigenvalue weighted by atomic mass is 35.5. The molecular formula is C16H12ClN3O2S. The van der Waals surface area contributed by atoms with Gasteiger partial charge < -0.3 is 10.6 Å². The van der Waals surface area contributed by atoms with Crippen LogP contribution in [0.1, 0.15) is 15.4 Å². The van der Waals surface area contributed by atoms with Gasteiger partial charge in [0, 0.05) is 0 Å². The number of para-hydroxylation sites is 1. The molecule has 0 saturated heterocycles. The average Bonchev–Trinajstić information content (AvgIpc) is 2.95. The second-order valence-corrected chi connectivity index (χ2v) is 6.22. The van der Waals surface area contributed by atoms with Crippen molar-refractivity contribution in [2.24, 2.45) is 10.9 Å². The summed E-state index contributed by atoms with van der Waals surface area (Å²) in [6.45, 7) is 0. The Morgan fingerprint density at radius 1 is 1.22 bits per heavy atom. The predicted octanol–water partition coefficient (Wildman–Crippen LogP) is 3.62. The molecule has 7 heteroatoms. The number of hydrogen-bond acceptors (Lipinski definition) is 5. The van der Waals surface area contributed by atoms with E-state index in [1.54, 1.807) is 24.3 Å². The van der Waals surface area contributed by atoms with E-state index in [9.17, 15) is 4.79 Å². The Balaban J connectivity index is 1.68. The van der Waals surface area contributed by atoms with Crippen molar-refractivity contribution >= 4 is 45.0 Å². The van der Waals surface area contributed by atoms with E-state index in [0.717, 1.165) is 15.2 Å². The summed E-state index contributed by atoms with van der Waals surface area (Å²) in [6.07, 6.45) is 0.315. The molecule has 0 aliphatic carbocycles. The van der Waals surface area contributed by atoms with Crippen molar-refractivity contribution in [1.29, 1.82) is 0 Å². The number of carbonyl (C=O) groups is 1. The normalized spacial score (nSPS) is 11.6. The van der Waals surface area contributed by atoms with Gasteiger partial charge in [0.1, 0.15) is 10.8 Å². The molecule has 0 saturated carbocycles. The van der Waals surface area contributed by atoms with Crippen LogP contribution < -0.4 is 5.73 Å². The number of hydrogen-bond donors (Lipinski definition) is 1. The van der Waals surface area contributed by atoms with Crippen LogP contribution >= 0.6 is 22.9 Å². The fourth-order valence-corrected chi connectivity index (χ4v) is 3.15. The van der Waals surface area contributed by atoms with Crippen LogP contribution in [0.15, 0.2) is 53.7 Å². The molecule has 0 unspecified atom stereocenters. The molecule has 0 radical (unpaired) electrons. The van der Waals surface area contributed by atoms with Crippen LogP contribution in [0.3, 0.4) is 0 Å². The van der Waals surface area contributed by atoms with E-state index in [-0.39, 0.29) is 11.4 Å². The second kappa shape index (κ2) is 6.76. The topological polar surface area (TPSA) is 77.6 Å². The third-order valence-electron chi connectivity index (χ3n) is 3.01. The van der Waals surface area contributed by atoms with E-state index in [4.69, 9.17) is 22.2 Å². The van der Waals surface area contributed by atoms with Gasteiger partial charge in [0.15, 0.2) is 0 Å². The number of rotatable bonds is 4. The van der Waals surface area contributed by atoms with Crippen LogP contribution in [0.25, 0.3) is 10.2 Å². The van der Waals surface area contributed by atoms with E-state index < -0.39 is 5.97 Å². The maximum absolute atomic E-state index is 11.9. The zero-order chi connectivity index (χ0) is 16.2. The highest BCUT2D eigenvalue weighted by Gasteiger charge is 2.12. The maximum Gasteiger partial charge on any atom is 0.367 e. The Bertz CT molecular complexity index is 859. The smallest absolute Gasteiger partial charge is 0.367 e. The van der Waals surface area contributed by atoms with Gasteiger partial charge in [-0.2, -0.15) is 0 Å². The first kappa shape index (κ1) is 15.5. The van der Waals surface area contributed by atoms with Gasteiger partial charge >= 0.3 is 5.97 Å². The summed E-state index contributed by atoms with van der Waals surface area (Å²) >= 11 is 7.45. The number of halogens is 1. The number of aromatic nitrogens is 1. The number of amidine groups is 1. The highest BCUT2D eigenvalue weighted by molar-refractivity contribution is 7.18. The second-order valence-electron chi connectivity index (χ2n) is 4.69. The number of carbonyl (C=O) groups excluding carboxylic acids is 1. The van der Waals surface area contributed by atoms with E-state index in [1.807, 2.05) is 24.3 Å². The zero-order valence-corrected chi connectivity index (χ0v) is 13.5. The van der Waals surface area contributed by atoms with Crippen molar-refractivity contribution in [3.05, 3.63) is 64.1 Å². The minimum atomic E-state index is -0.650. The third-order valence-corrected chi connectivity index (χ3v) is 4.38. The molecule has 23 heavy (non-hydrogen) atoms. The van der Waals surface area contributed by atoms with Crippen molar-refractivity contribution in [3.8, 4) is 0 Å².